The van der Waals surface area contributed by atoms with Gasteiger partial charge in [0.25, 0.3) is 0 Å². The van der Waals surface area contributed by atoms with Gasteiger partial charge < -0.3 is 14.6 Å². The van der Waals surface area contributed by atoms with Crippen molar-refractivity contribution in [1.82, 2.24) is 10.3 Å². The van der Waals surface area contributed by atoms with Crippen molar-refractivity contribution in [3.8, 4) is 11.3 Å². The largest absolute Gasteiger partial charge is 0.459 e. The van der Waals surface area contributed by atoms with E-state index in [1.54, 1.807) is 24.4 Å². The number of benzene rings is 2. The van der Waals surface area contributed by atoms with E-state index in [1.165, 1.54) is 0 Å². The van der Waals surface area contributed by atoms with Crippen LogP contribution in [-0.2, 0) is 10.0 Å². The topological polar surface area (TPSA) is 87.5 Å². The molecule has 1 fully saturated rings. The van der Waals surface area contributed by atoms with Crippen molar-refractivity contribution < 1.29 is 12.8 Å². The number of thiocarbonyl (C=S) groups is 1. The lowest BCUT2D eigenvalue weighted by Gasteiger charge is -2.26. The number of hydrogen-bond donors (Lipinski definition) is 2. The molecular weight excluding hydrogens is 551 g/mol. The zero-order chi connectivity index (χ0) is 26.3. The molecule has 2 atom stereocenters. The Morgan fingerprint density at radius 2 is 1.86 bits per heavy atom. The Morgan fingerprint density at radius 3 is 2.54 bits per heavy atom. The summed E-state index contributed by atoms with van der Waals surface area (Å²) in [6, 6.07) is 19.6. The minimum atomic E-state index is -3.41. The van der Waals surface area contributed by atoms with Crippen LogP contribution in [-0.4, -0.2) is 24.8 Å². The third kappa shape index (κ3) is 5.31. The quantitative estimate of drug-likeness (QED) is 0.255. The summed E-state index contributed by atoms with van der Waals surface area (Å²) in [5, 5.41) is 4.79. The molecular formula is C26H22Cl2N4O3S2. The van der Waals surface area contributed by atoms with Crippen molar-refractivity contribution in [2.45, 2.75) is 19.0 Å². The Morgan fingerprint density at radius 1 is 1.05 bits per heavy atom. The standard InChI is InChI=1S/C26H22Cl2N4O3S2/c1-15-13-17(7-9-20(15)31-37(2,33)34)32-25(24(30-26(32)36)21-5-3-4-12-29-21)23-11-10-22(35-23)16-6-8-18(27)19(28)14-16/h3-14,24-25,31H,1-2H3,(H,30,36)/t24-,25+/m1/s1. The SMILES string of the molecule is Cc1cc(N2C(=S)N[C@H](c3ccccn3)[C@@H]2c2ccc(-c3ccc(Cl)c(Cl)c3)o2)ccc1NS(C)(=O)=O. The first-order valence-electron chi connectivity index (χ1n) is 11.2. The van der Waals surface area contributed by atoms with Crippen LogP contribution in [0.15, 0.2) is 77.3 Å². The van der Waals surface area contributed by atoms with E-state index in [1.807, 2.05) is 60.4 Å². The molecule has 0 aliphatic carbocycles. The van der Waals surface area contributed by atoms with Crippen LogP contribution >= 0.6 is 35.4 Å². The summed E-state index contributed by atoms with van der Waals surface area (Å²) in [4.78, 5) is 6.52. The summed E-state index contributed by atoms with van der Waals surface area (Å²) in [7, 11) is -3.41. The molecule has 11 heteroatoms. The lowest BCUT2D eigenvalue weighted by molar-refractivity contribution is 0.439. The van der Waals surface area contributed by atoms with Gasteiger partial charge in [0.15, 0.2) is 5.11 Å². The van der Waals surface area contributed by atoms with E-state index in [4.69, 9.17) is 39.8 Å². The molecule has 2 N–H and O–H groups in total. The van der Waals surface area contributed by atoms with Crippen LogP contribution in [0.5, 0.6) is 0 Å². The first kappa shape index (κ1) is 25.5. The Kier molecular flexibility index (Phi) is 6.89. The van der Waals surface area contributed by atoms with E-state index < -0.39 is 10.0 Å². The Labute approximate surface area is 230 Å². The summed E-state index contributed by atoms with van der Waals surface area (Å²) < 4.78 is 32.4. The number of sulfonamides is 1. The average molecular weight is 574 g/mol. The molecule has 0 bridgehead atoms. The minimum absolute atomic E-state index is 0.296. The van der Waals surface area contributed by atoms with Crippen molar-refractivity contribution in [3.05, 3.63) is 100.0 Å². The summed E-state index contributed by atoms with van der Waals surface area (Å²) in [6.07, 6.45) is 2.86. The van der Waals surface area contributed by atoms with Gasteiger partial charge in [0.05, 0.1) is 33.7 Å². The second kappa shape index (κ2) is 9.98. The molecule has 37 heavy (non-hydrogen) atoms. The van der Waals surface area contributed by atoms with E-state index in [2.05, 4.69) is 15.0 Å². The van der Waals surface area contributed by atoms with Gasteiger partial charge in [0.1, 0.15) is 17.6 Å². The van der Waals surface area contributed by atoms with Gasteiger partial charge in [-0.05, 0) is 85.4 Å². The number of aryl methyl sites for hydroxylation is 1. The van der Waals surface area contributed by atoms with Gasteiger partial charge in [-0.15, -0.1) is 0 Å². The van der Waals surface area contributed by atoms with Crippen LogP contribution in [0.25, 0.3) is 11.3 Å². The van der Waals surface area contributed by atoms with E-state index >= 15 is 0 Å². The normalized spacial score (nSPS) is 17.6. The van der Waals surface area contributed by atoms with Crippen molar-refractivity contribution in [2.24, 2.45) is 0 Å². The number of pyridine rings is 1. The van der Waals surface area contributed by atoms with E-state index in [0.29, 0.717) is 32.4 Å². The number of anilines is 2. The van der Waals surface area contributed by atoms with Gasteiger partial charge in [-0.3, -0.25) is 9.71 Å². The number of nitrogens with zero attached hydrogens (tertiary/aromatic N) is 2. The first-order chi connectivity index (χ1) is 17.6. The highest BCUT2D eigenvalue weighted by Crippen LogP contribution is 2.43. The highest BCUT2D eigenvalue weighted by molar-refractivity contribution is 7.92. The van der Waals surface area contributed by atoms with Crippen LogP contribution in [0, 0.1) is 6.92 Å². The second-order valence-corrected chi connectivity index (χ2v) is 11.7. The number of furan rings is 1. The molecule has 5 rings (SSSR count). The van der Waals surface area contributed by atoms with Gasteiger partial charge in [0.2, 0.25) is 10.0 Å². The molecule has 1 aliphatic heterocycles. The third-order valence-electron chi connectivity index (χ3n) is 6.00. The van der Waals surface area contributed by atoms with Crippen LogP contribution in [0.2, 0.25) is 10.0 Å². The van der Waals surface area contributed by atoms with Crippen molar-refractivity contribution in [1.29, 1.82) is 0 Å². The Hall–Kier alpha value is -3.11. The summed E-state index contributed by atoms with van der Waals surface area (Å²) in [5.74, 6) is 1.30. The Bertz CT molecular complexity index is 1590. The third-order valence-corrected chi connectivity index (χ3v) is 7.65. The number of rotatable bonds is 6. The molecule has 190 valence electrons. The summed E-state index contributed by atoms with van der Waals surface area (Å²) >= 11 is 18.1. The number of nitrogens with one attached hydrogen (secondary N) is 2. The molecule has 2 aromatic carbocycles. The molecule has 0 spiro atoms. The molecule has 0 amide bonds. The van der Waals surface area contributed by atoms with Gasteiger partial charge >= 0.3 is 0 Å². The smallest absolute Gasteiger partial charge is 0.229 e. The Balaban J connectivity index is 1.58. The second-order valence-electron chi connectivity index (χ2n) is 8.70. The lowest BCUT2D eigenvalue weighted by atomic mass is 10.0. The van der Waals surface area contributed by atoms with Crippen molar-refractivity contribution in [2.75, 3.05) is 15.9 Å². The summed E-state index contributed by atoms with van der Waals surface area (Å²) in [5.41, 5.74) is 3.63. The zero-order valence-corrected chi connectivity index (χ0v) is 22.9. The molecule has 4 aromatic rings. The van der Waals surface area contributed by atoms with Crippen LogP contribution in [0.3, 0.4) is 0 Å². The highest BCUT2D eigenvalue weighted by Gasteiger charge is 2.42. The molecule has 0 unspecified atom stereocenters. The molecule has 7 nitrogen and oxygen atoms in total. The average Bonchev–Trinajstić information content (AvgIpc) is 3.46. The predicted octanol–water partition coefficient (Wildman–Crippen LogP) is 6.51. The van der Waals surface area contributed by atoms with Gasteiger partial charge in [-0.25, -0.2) is 8.42 Å². The number of hydrogen-bond acceptors (Lipinski definition) is 5. The molecule has 0 radical (unpaired) electrons. The van der Waals surface area contributed by atoms with Crippen molar-refractivity contribution in [3.63, 3.8) is 0 Å². The maximum absolute atomic E-state index is 11.8. The van der Waals surface area contributed by atoms with Gasteiger partial charge in [0, 0.05) is 17.4 Å². The van der Waals surface area contributed by atoms with Crippen LogP contribution in [0.4, 0.5) is 11.4 Å². The lowest BCUT2D eigenvalue weighted by Crippen LogP contribution is -2.29. The minimum Gasteiger partial charge on any atom is -0.459 e. The molecule has 1 aliphatic rings. The maximum atomic E-state index is 11.8. The molecule has 1 saturated heterocycles. The van der Waals surface area contributed by atoms with Crippen LogP contribution in [0.1, 0.15) is 29.1 Å². The molecule has 0 saturated carbocycles. The monoisotopic (exact) mass is 572 g/mol. The first-order valence-corrected chi connectivity index (χ1v) is 14.3. The highest BCUT2D eigenvalue weighted by atomic mass is 35.5. The van der Waals surface area contributed by atoms with E-state index in [0.717, 1.165) is 28.8 Å². The fourth-order valence-corrected chi connectivity index (χ4v) is 5.62. The van der Waals surface area contributed by atoms with Crippen LogP contribution < -0.4 is 14.9 Å². The maximum Gasteiger partial charge on any atom is 0.229 e. The zero-order valence-electron chi connectivity index (χ0n) is 19.8. The molecule has 3 heterocycles. The van der Waals surface area contributed by atoms with Gasteiger partial charge in [-0.2, -0.15) is 0 Å². The fourth-order valence-electron chi connectivity index (χ4n) is 4.35. The van der Waals surface area contributed by atoms with Crippen molar-refractivity contribution >= 4 is 61.9 Å². The number of halogens is 2. The predicted molar refractivity (Wildman–Crippen MR) is 152 cm³/mol. The number of aromatic nitrogens is 1. The van der Waals surface area contributed by atoms with E-state index in [-0.39, 0.29) is 12.1 Å². The summed E-state index contributed by atoms with van der Waals surface area (Å²) in [6.45, 7) is 1.84. The van der Waals surface area contributed by atoms with E-state index in [9.17, 15) is 8.42 Å². The fraction of sp³-hybridized carbons (Fsp3) is 0.154. The van der Waals surface area contributed by atoms with Gasteiger partial charge in [-0.1, -0.05) is 29.3 Å². The molecule has 2 aromatic heterocycles.